The van der Waals surface area contributed by atoms with Crippen LogP contribution in [0.3, 0.4) is 0 Å². The normalized spacial score (nSPS) is 12.6. The van der Waals surface area contributed by atoms with Crippen LogP contribution in [0.15, 0.2) is 72.9 Å². The van der Waals surface area contributed by atoms with Gasteiger partial charge in [-0.2, -0.15) is 0 Å². The van der Waals surface area contributed by atoms with Crippen LogP contribution >= 0.6 is 0 Å². The first-order valence-electron chi connectivity index (χ1n) is 28.5. The molecule has 0 radical (unpaired) electrons. The predicted molar refractivity (Wildman–Crippen MR) is 288 cm³/mol. The lowest BCUT2D eigenvalue weighted by Gasteiger charge is -2.18. The summed E-state index contributed by atoms with van der Waals surface area (Å²) in [5.74, 6) is -0.956. The fourth-order valence-electron chi connectivity index (χ4n) is 7.90. The molecule has 0 aromatic heterocycles. The van der Waals surface area contributed by atoms with Crippen LogP contribution in [0.5, 0.6) is 0 Å². The summed E-state index contributed by atoms with van der Waals surface area (Å²) >= 11 is 0. The zero-order valence-corrected chi connectivity index (χ0v) is 44.2. The molecule has 0 bridgehead atoms. The number of ether oxygens (including phenoxy) is 3. The highest BCUT2D eigenvalue weighted by Gasteiger charge is 2.19. The Morgan fingerprint density at radius 2 is 0.597 bits per heavy atom. The number of hydrogen-bond donors (Lipinski definition) is 0. The van der Waals surface area contributed by atoms with Gasteiger partial charge in [-0.25, -0.2) is 0 Å². The first-order chi connectivity index (χ1) is 33.0. The average Bonchev–Trinajstić information content (AvgIpc) is 3.33. The third kappa shape index (κ3) is 53.7. The van der Waals surface area contributed by atoms with Crippen LogP contribution in [0.2, 0.25) is 0 Å². The van der Waals surface area contributed by atoms with Crippen molar-refractivity contribution in [3.05, 3.63) is 72.9 Å². The average molecular weight is 936 g/mol. The first kappa shape index (κ1) is 63.8. The Kier molecular flexibility index (Phi) is 52.8. The maximum Gasteiger partial charge on any atom is 0.306 e. The van der Waals surface area contributed by atoms with Gasteiger partial charge < -0.3 is 14.2 Å². The quantitative estimate of drug-likeness (QED) is 0.0199. The van der Waals surface area contributed by atoms with E-state index in [4.69, 9.17) is 14.2 Å². The number of allylic oxidation sites excluding steroid dienone is 12. The Morgan fingerprint density at radius 1 is 0.313 bits per heavy atom. The smallest absolute Gasteiger partial charge is 0.306 e. The molecule has 0 aliphatic rings. The van der Waals surface area contributed by atoms with Crippen LogP contribution in [0.25, 0.3) is 0 Å². The molecule has 1 atom stereocenters. The summed E-state index contributed by atoms with van der Waals surface area (Å²) in [5, 5.41) is 0. The lowest BCUT2D eigenvalue weighted by Crippen LogP contribution is -2.30. The Bertz CT molecular complexity index is 1260. The molecule has 0 aliphatic carbocycles. The van der Waals surface area contributed by atoms with Crippen molar-refractivity contribution < 1.29 is 28.6 Å². The molecule has 0 aromatic carbocycles. The molecule has 0 fully saturated rings. The topological polar surface area (TPSA) is 78.9 Å². The Labute approximate surface area is 414 Å². The standard InChI is InChI=1S/C61H106O6/c1-4-7-10-13-16-19-22-25-28-30-33-36-39-42-45-48-51-54-60(63)66-57-58(56-65-59(62)53-50-47-44-41-38-35-32-27-24-21-18-15-12-9-6-3)67-61(64)55-52-49-46-43-40-37-34-31-29-26-23-20-17-14-11-8-5-2/h16,18-19,21,24-25,27-28,33,36,42,45,58H,4-15,17,20,22-23,26,29-32,34-35,37-41,43-44,46-57H2,1-3H3/b19-16-,21-18-,27-24-,28-25-,36-33-,45-42-. The Hall–Kier alpha value is -3.15. The Morgan fingerprint density at radius 3 is 1.01 bits per heavy atom. The van der Waals surface area contributed by atoms with E-state index in [9.17, 15) is 14.4 Å². The van der Waals surface area contributed by atoms with Gasteiger partial charge in [0.15, 0.2) is 6.10 Å². The molecule has 0 amide bonds. The third-order valence-corrected chi connectivity index (χ3v) is 12.2. The first-order valence-corrected chi connectivity index (χ1v) is 28.5. The number of carbonyl (C=O) groups excluding carboxylic acids is 3. The molecule has 0 N–H and O–H groups in total. The van der Waals surface area contributed by atoms with Crippen LogP contribution in [0, 0.1) is 0 Å². The zero-order valence-electron chi connectivity index (χ0n) is 44.2. The van der Waals surface area contributed by atoms with Crippen LogP contribution < -0.4 is 0 Å². The number of esters is 3. The van der Waals surface area contributed by atoms with E-state index < -0.39 is 6.10 Å². The van der Waals surface area contributed by atoms with E-state index in [-0.39, 0.29) is 37.5 Å². The molecule has 67 heavy (non-hydrogen) atoms. The van der Waals surface area contributed by atoms with Gasteiger partial charge >= 0.3 is 17.9 Å². The van der Waals surface area contributed by atoms with Crippen molar-refractivity contribution >= 4 is 17.9 Å². The number of unbranched alkanes of at least 4 members (excludes halogenated alkanes) is 29. The highest BCUT2D eigenvalue weighted by Crippen LogP contribution is 2.16. The van der Waals surface area contributed by atoms with Gasteiger partial charge in [0.25, 0.3) is 0 Å². The molecule has 0 heterocycles. The van der Waals surface area contributed by atoms with Gasteiger partial charge in [0.05, 0.1) is 0 Å². The van der Waals surface area contributed by atoms with Crippen molar-refractivity contribution in [3.8, 4) is 0 Å². The molecule has 6 heteroatoms. The summed E-state index contributed by atoms with van der Waals surface area (Å²) in [7, 11) is 0. The van der Waals surface area contributed by atoms with Crippen molar-refractivity contribution in [2.45, 2.75) is 284 Å². The van der Waals surface area contributed by atoms with Crippen LogP contribution in [0.1, 0.15) is 278 Å². The predicted octanol–water partition coefficient (Wildman–Crippen LogP) is 19.0. The maximum absolute atomic E-state index is 12.9. The summed E-state index contributed by atoms with van der Waals surface area (Å²) < 4.78 is 16.8. The van der Waals surface area contributed by atoms with Crippen molar-refractivity contribution in [3.63, 3.8) is 0 Å². The van der Waals surface area contributed by atoms with E-state index in [2.05, 4.69) is 93.7 Å². The van der Waals surface area contributed by atoms with Crippen molar-refractivity contribution in [1.29, 1.82) is 0 Å². The highest BCUT2D eigenvalue weighted by atomic mass is 16.6. The number of carbonyl (C=O) groups is 3. The molecule has 0 saturated heterocycles. The van der Waals surface area contributed by atoms with E-state index in [1.54, 1.807) is 0 Å². The lowest BCUT2D eigenvalue weighted by atomic mass is 10.0. The summed E-state index contributed by atoms with van der Waals surface area (Å²) in [4.78, 5) is 38.1. The zero-order chi connectivity index (χ0) is 48.6. The number of rotatable bonds is 51. The van der Waals surface area contributed by atoms with Gasteiger partial charge in [-0.1, -0.05) is 248 Å². The SMILES string of the molecule is CCCCC/C=C\C=C/CCCCCCCCC(=O)OCC(COC(=O)CCC/C=C\C/C=C\C/C=C\C/C=C\CCCCC)OC(=O)CCCCCCCCCCCCCCCCCCC. The Balaban J connectivity index is 4.46. The molecule has 0 aromatic rings. The minimum Gasteiger partial charge on any atom is -0.462 e. The largest absolute Gasteiger partial charge is 0.462 e. The summed E-state index contributed by atoms with van der Waals surface area (Å²) in [6.45, 7) is 6.55. The molecule has 386 valence electrons. The third-order valence-electron chi connectivity index (χ3n) is 12.2. The second-order valence-electron chi connectivity index (χ2n) is 18.9. The molecule has 0 rings (SSSR count). The molecular formula is C61H106O6. The van der Waals surface area contributed by atoms with Crippen LogP contribution in [-0.4, -0.2) is 37.2 Å². The van der Waals surface area contributed by atoms with E-state index in [0.717, 1.165) is 70.6 Å². The van der Waals surface area contributed by atoms with E-state index >= 15 is 0 Å². The highest BCUT2D eigenvalue weighted by molar-refractivity contribution is 5.71. The molecule has 0 spiro atoms. The minimum atomic E-state index is -0.801. The van der Waals surface area contributed by atoms with E-state index in [1.807, 2.05) is 0 Å². The monoisotopic (exact) mass is 935 g/mol. The molecule has 1 unspecified atom stereocenters. The second kappa shape index (κ2) is 55.4. The summed E-state index contributed by atoms with van der Waals surface area (Å²) in [6, 6.07) is 0. The lowest BCUT2D eigenvalue weighted by molar-refractivity contribution is -0.167. The molecule has 6 nitrogen and oxygen atoms in total. The minimum absolute atomic E-state index is 0.0967. The maximum atomic E-state index is 12.9. The van der Waals surface area contributed by atoms with E-state index in [1.165, 1.54) is 161 Å². The molecule has 0 aliphatic heterocycles. The molecule has 0 saturated carbocycles. The van der Waals surface area contributed by atoms with Gasteiger partial charge in [0.1, 0.15) is 13.2 Å². The van der Waals surface area contributed by atoms with Crippen molar-refractivity contribution in [1.82, 2.24) is 0 Å². The van der Waals surface area contributed by atoms with Gasteiger partial charge in [-0.3, -0.25) is 14.4 Å². The van der Waals surface area contributed by atoms with Gasteiger partial charge in [-0.15, -0.1) is 0 Å². The second-order valence-corrected chi connectivity index (χ2v) is 18.9. The van der Waals surface area contributed by atoms with Crippen molar-refractivity contribution in [2.75, 3.05) is 13.2 Å². The fraction of sp³-hybridized carbons (Fsp3) is 0.754. The number of hydrogen-bond acceptors (Lipinski definition) is 6. The van der Waals surface area contributed by atoms with Gasteiger partial charge in [0, 0.05) is 19.3 Å². The summed E-state index contributed by atoms with van der Waals surface area (Å²) in [6.07, 6.45) is 70.3. The molecular weight excluding hydrogens is 829 g/mol. The van der Waals surface area contributed by atoms with Crippen molar-refractivity contribution in [2.24, 2.45) is 0 Å². The van der Waals surface area contributed by atoms with Crippen LogP contribution in [-0.2, 0) is 28.6 Å². The fourth-order valence-corrected chi connectivity index (χ4v) is 7.90. The summed E-state index contributed by atoms with van der Waals surface area (Å²) in [5.41, 5.74) is 0. The van der Waals surface area contributed by atoms with Gasteiger partial charge in [0.2, 0.25) is 0 Å². The van der Waals surface area contributed by atoms with Gasteiger partial charge in [-0.05, 0) is 83.5 Å². The van der Waals surface area contributed by atoms with Crippen LogP contribution in [0.4, 0.5) is 0 Å². The van der Waals surface area contributed by atoms with E-state index in [0.29, 0.717) is 19.3 Å².